The van der Waals surface area contributed by atoms with Gasteiger partial charge in [0.25, 0.3) is 6.43 Å². The molecule has 2 N–H and O–H groups in total. The number of allylic oxidation sites excluding steroid dienone is 1. The number of aliphatic hydroxyl groups excluding tert-OH is 1. The van der Waals surface area contributed by atoms with E-state index in [4.69, 9.17) is 4.74 Å². The number of alkyl halides is 2. The monoisotopic (exact) mass is 317 g/mol. The molecule has 0 bridgehead atoms. The lowest BCUT2D eigenvalue weighted by molar-refractivity contribution is -0.157. The molecule has 124 valence electrons. The Balaban J connectivity index is 2.11. The van der Waals surface area contributed by atoms with Gasteiger partial charge in [0.1, 0.15) is 0 Å². The van der Waals surface area contributed by atoms with E-state index in [1.54, 1.807) is 19.9 Å². The van der Waals surface area contributed by atoms with Gasteiger partial charge in [0.2, 0.25) is 11.8 Å². The van der Waals surface area contributed by atoms with E-state index in [2.05, 4.69) is 5.32 Å². The molecule has 2 amide bonds. The third kappa shape index (κ3) is 3.20. The number of hydrogen-bond acceptors (Lipinski definition) is 4. The minimum Gasteiger partial charge on any atom is -0.393 e. The predicted octanol–water partition coefficient (Wildman–Crippen LogP) is 1.26. The maximum atomic E-state index is 13.2. The van der Waals surface area contributed by atoms with Gasteiger partial charge in [0.05, 0.1) is 12.7 Å². The van der Waals surface area contributed by atoms with E-state index < -0.39 is 36.6 Å². The van der Waals surface area contributed by atoms with Crippen LogP contribution in [0.15, 0.2) is 12.2 Å². The summed E-state index contributed by atoms with van der Waals surface area (Å²) in [6, 6.07) is 0. The molecular formula is C15H21F2NO4. The van der Waals surface area contributed by atoms with Crippen LogP contribution in [-0.4, -0.2) is 41.7 Å². The molecule has 22 heavy (non-hydrogen) atoms. The summed E-state index contributed by atoms with van der Waals surface area (Å²) in [5.41, 5.74) is -1.82. The van der Waals surface area contributed by atoms with Gasteiger partial charge >= 0.3 is 0 Å². The zero-order valence-electron chi connectivity index (χ0n) is 12.6. The minimum atomic E-state index is -2.77. The van der Waals surface area contributed by atoms with E-state index in [1.165, 1.54) is 6.08 Å². The summed E-state index contributed by atoms with van der Waals surface area (Å²) >= 11 is 0. The molecule has 5 nitrogen and oxygen atoms in total. The summed E-state index contributed by atoms with van der Waals surface area (Å²) in [7, 11) is 0. The third-order valence-electron chi connectivity index (χ3n) is 4.66. The lowest BCUT2D eigenvalue weighted by atomic mass is 9.84. The average molecular weight is 317 g/mol. The highest BCUT2D eigenvalue weighted by molar-refractivity contribution is 6.02. The largest absolute Gasteiger partial charge is 0.393 e. The number of imide groups is 1. The Bertz CT molecular complexity index is 482. The van der Waals surface area contributed by atoms with E-state index in [9.17, 15) is 23.5 Å². The van der Waals surface area contributed by atoms with Crippen molar-refractivity contribution >= 4 is 11.8 Å². The van der Waals surface area contributed by atoms with Crippen LogP contribution in [0.2, 0.25) is 0 Å². The van der Waals surface area contributed by atoms with Crippen molar-refractivity contribution in [3.05, 3.63) is 12.2 Å². The van der Waals surface area contributed by atoms with Crippen molar-refractivity contribution < 1.29 is 28.2 Å². The highest BCUT2D eigenvalue weighted by Crippen LogP contribution is 2.42. The minimum absolute atomic E-state index is 0.0712. The summed E-state index contributed by atoms with van der Waals surface area (Å²) in [5, 5.41) is 11.5. The quantitative estimate of drug-likeness (QED) is 0.766. The first-order valence-electron chi connectivity index (χ1n) is 7.39. The molecule has 5 atom stereocenters. The van der Waals surface area contributed by atoms with E-state index in [-0.39, 0.29) is 24.2 Å². The first kappa shape index (κ1) is 17.0. The number of rotatable bonds is 4. The van der Waals surface area contributed by atoms with Crippen LogP contribution in [0.5, 0.6) is 0 Å². The van der Waals surface area contributed by atoms with Crippen molar-refractivity contribution in [3.8, 4) is 0 Å². The van der Waals surface area contributed by atoms with Gasteiger partial charge in [-0.3, -0.25) is 14.9 Å². The lowest BCUT2D eigenvalue weighted by Gasteiger charge is -2.28. The third-order valence-corrected chi connectivity index (χ3v) is 4.66. The van der Waals surface area contributed by atoms with Gasteiger partial charge < -0.3 is 9.84 Å². The molecule has 0 aromatic heterocycles. The van der Waals surface area contributed by atoms with Crippen molar-refractivity contribution in [2.45, 2.75) is 44.8 Å². The molecule has 0 radical (unpaired) electrons. The summed E-state index contributed by atoms with van der Waals surface area (Å²) in [5.74, 6) is -1.74. The molecule has 0 saturated carbocycles. The molecule has 0 aromatic carbocycles. The van der Waals surface area contributed by atoms with Crippen LogP contribution in [0.25, 0.3) is 0 Å². The molecule has 1 fully saturated rings. The molecule has 0 spiro atoms. The van der Waals surface area contributed by atoms with E-state index in [0.29, 0.717) is 6.42 Å². The van der Waals surface area contributed by atoms with Gasteiger partial charge in [-0.15, -0.1) is 0 Å². The lowest BCUT2D eigenvalue weighted by Crippen LogP contribution is -2.41. The molecule has 1 saturated heterocycles. The smallest absolute Gasteiger partial charge is 0.269 e. The van der Waals surface area contributed by atoms with Crippen molar-refractivity contribution in [2.75, 3.05) is 6.61 Å². The second-order valence-electron chi connectivity index (χ2n) is 6.26. The van der Waals surface area contributed by atoms with Crippen LogP contribution in [0.1, 0.15) is 26.7 Å². The van der Waals surface area contributed by atoms with Crippen LogP contribution in [0.3, 0.4) is 0 Å². The van der Waals surface area contributed by atoms with Crippen molar-refractivity contribution in [3.63, 3.8) is 0 Å². The zero-order valence-corrected chi connectivity index (χ0v) is 12.6. The van der Waals surface area contributed by atoms with Crippen molar-refractivity contribution in [2.24, 2.45) is 17.8 Å². The standard InChI is InChI=1S/C15H21F2NO4/c1-8-6-15(7-19,14(16)17)22-11(8)5-10-3-4-12(20)18-13(21)9(10)2/h3-4,8-11,14,19H,5-7H2,1-2H3,(H,18,20,21). The van der Waals surface area contributed by atoms with E-state index >= 15 is 0 Å². The fourth-order valence-electron chi connectivity index (χ4n) is 3.13. The fraction of sp³-hybridized carbons (Fsp3) is 0.733. The molecule has 7 heteroatoms. The van der Waals surface area contributed by atoms with Crippen LogP contribution in [-0.2, 0) is 14.3 Å². The van der Waals surface area contributed by atoms with Crippen LogP contribution < -0.4 is 5.32 Å². The maximum absolute atomic E-state index is 13.2. The zero-order chi connectivity index (χ0) is 16.5. The first-order valence-corrected chi connectivity index (χ1v) is 7.39. The molecular weight excluding hydrogens is 296 g/mol. The number of halogens is 2. The van der Waals surface area contributed by atoms with Crippen molar-refractivity contribution in [1.82, 2.24) is 5.32 Å². The van der Waals surface area contributed by atoms with Crippen LogP contribution in [0, 0.1) is 17.8 Å². The Morgan fingerprint density at radius 3 is 2.68 bits per heavy atom. The van der Waals surface area contributed by atoms with Crippen LogP contribution >= 0.6 is 0 Å². The summed E-state index contributed by atoms with van der Waals surface area (Å²) in [6.45, 7) is 2.75. The van der Waals surface area contributed by atoms with Gasteiger partial charge in [0.15, 0.2) is 5.60 Å². The SMILES string of the molecule is CC1CC(CO)(C(F)F)OC1CC1C=CC(=O)NC(=O)C1C. The van der Waals surface area contributed by atoms with Gasteiger partial charge in [-0.05, 0) is 30.8 Å². The highest BCUT2D eigenvalue weighted by Gasteiger charge is 2.51. The topological polar surface area (TPSA) is 75.6 Å². The summed E-state index contributed by atoms with van der Waals surface area (Å²) < 4.78 is 31.8. The number of amides is 2. The summed E-state index contributed by atoms with van der Waals surface area (Å²) in [4.78, 5) is 23.2. The molecule has 5 unspecified atom stereocenters. The maximum Gasteiger partial charge on any atom is 0.269 e. The van der Waals surface area contributed by atoms with Crippen LogP contribution in [0.4, 0.5) is 8.78 Å². The second-order valence-corrected chi connectivity index (χ2v) is 6.26. The number of carbonyl (C=O) groups excluding carboxylic acids is 2. The highest BCUT2D eigenvalue weighted by atomic mass is 19.3. The normalized spacial score (nSPS) is 39.2. The van der Waals surface area contributed by atoms with Gasteiger partial charge in [-0.1, -0.05) is 19.9 Å². The first-order chi connectivity index (χ1) is 10.3. The van der Waals surface area contributed by atoms with Gasteiger partial charge in [0, 0.05) is 5.92 Å². The molecule has 0 aliphatic carbocycles. The van der Waals surface area contributed by atoms with Gasteiger partial charge in [-0.25, -0.2) is 8.78 Å². The second kappa shape index (κ2) is 6.42. The number of aliphatic hydroxyl groups is 1. The Hall–Kier alpha value is -1.34. The molecule has 2 aliphatic rings. The predicted molar refractivity (Wildman–Crippen MR) is 74.0 cm³/mol. The van der Waals surface area contributed by atoms with Gasteiger partial charge in [-0.2, -0.15) is 0 Å². The molecule has 2 heterocycles. The molecule has 0 aromatic rings. The van der Waals surface area contributed by atoms with E-state index in [1.807, 2.05) is 0 Å². The Morgan fingerprint density at radius 2 is 2.14 bits per heavy atom. The van der Waals surface area contributed by atoms with Crippen molar-refractivity contribution in [1.29, 1.82) is 0 Å². The summed E-state index contributed by atoms with van der Waals surface area (Å²) in [6.07, 6.45) is 0.0899. The number of hydrogen-bond donors (Lipinski definition) is 2. The van der Waals surface area contributed by atoms with E-state index in [0.717, 1.165) is 0 Å². The average Bonchev–Trinajstić information content (AvgIpc) is 2.74. The molecule has 2 aliphatic heterocycles. The number of ether oxygens (including phenoxy) is 1. The Kier molecular flexibility index (Phi) is 4.97. The fourth-order valence-corrected chi connectivity index (χ4v) is 3.13. The number of nitrogens with one attached hydrogen (secondary N) is 1. The Labute approximate surface area is 127 Å². The number of carbonyl (C=O) groups is 2. The Morgan fingerprint density at radius 1 is 1.45 bits per heavy atom. The molecule has 2 rings (SSSR count).